The van der Waals surface area contributed by atoms with Gasteiger partial charge in [-0.25, -0.2) is 0 Å². The summed E-state index contributed by atoms with van der Waals surface area (Å²) < 4.78 is 35.6. The molecule has 1 fully saturated rings. The van der Waals surface area contributed by atoms with E-state index in [1.54, 1.807) is 5.32 Å². The largest absolute Gasteiger partial charge is 0.405 e. The van der Waals surface area contributed by atoms with E-state index in [0.29, 0.717) is 13.0 Å². The summed E-state index contributed by atoms with van der Waals surface area (Å²) >= 11 is 0. The molecule has 1 aliphatic heterocycles. The van der Waals surface area contributed by atoms with Gasteiger partial charge in [0, 0.05) is 18.5 Å². The Kier molecular flexibility index (Phi) is 5.12. The van der Waals surface area contributed by atoms with Crippen molar-refractivity contribution in [1.82, 2.24) is 10.6 Å². The molecule has 1 saturated heterocycles. The van der Waals surface area contributed by atoms with E-state index in [-0.39, 0.29) is 12.3 Å². The lowest BCUT2D eigenvalue weighted by molar-refractivity contribution is -0.144. The fourth-order valence-electron chi connectivity index (χ4n) is 1.81. The van der Waals surface area contributed by atoms with Crippen molar-refractivity contribution >= 4 is 11.8 Å². The van der Waals surface area contributed by atoms with Crippen LogP contribution in [-0.4, -0.2) is 48.3 Å². The number of rotatable bonds is 5. The highest BCUT2D eigenvalue weighted by Crippen LogP contribution is 2.17. The van der Waals surface area contributed by atoms with Crippen LogP contribution in [0.2, 0.25) is 0 Å². The molecule has 0 saturated carbocycles. The zero-order chi connectivity index (χ0) is 14.6. The molecule has 110 valence electrons. The lowest BCUT2D eigenvalue weighted by Crippen LogP contribution is -2.49. The molecule has 6 nitrogen and oxygen atoms in total. The monoisotopic (exact) mass is 283 g/mol. The number of carbonyl (C=O) groups excluding carboxylic acids is 2. The third-order valence-corrected chi connectivity index (χ3v) is 2.86. The number of hydrogen-bond acceptors (Lipinski definition) is 4. The van der Waals surface area contributed by atoms with Gasteiger partial charge in [0.25, 0.3) is 5.91 Å². The van der Waals surface area contributed by atoms with Crippen LogP contribution >= 0.6 is 0 Å². The summed E-state index contributed by atoms with van der Waals surface area (Å²) in [6, 6.07) is -1.08. The van der Waals surface area contributed by atoms with E-state index >= 15 is 0 Å². The maximum absolute atomic E-state index is 11.9. The van der Waals surface area contributed by atoms with Gasteiger partial charge < -0.3 is 21.5 Å². The molecule has 9 heteroatoms. The van der Waals surface area contributed by atoms with Gasteiger partial charge in [0.15, 0.2) is 0 Å². The number of alkyl halides is 3. The first kappa shape index (κ1) is 15.7. The summed E-state index contributed by atoms with van der Waals surface area (Å²) in [6.45, 7) is -1.04. The van der Waals surface area contributed by atoms with Gasteiger partial charge in [-0.15, -0.1) is 0 Å². The molecule has 0 aromatic carbocycles. The minimum atomic E-state index is -4.55. The highest BCUT2D eigenvalue weighted by molar-refractivity contribution is 5.82. The smallest absolute Gasteiger partial charge is 0.382 e. The second-order valence-corrected chi connectivity index (χ2v) is 4.45. The van der Waals surface area contributed by atoms with Crippen LogP contribution in [0.1, 0.15) is 12.8 Å². The Balaban J connectivity index is 2.40. The van der Waals surface area contributed by atoms with E-state index in [9.17, 15) is 27.9 Å². The van der Waals surface area contributed by atoms with Crippen LogP contribution in [0, 0.1) is 5.92 Å². The second-order valence-electron chi connectivity index (χ2n) is 4.45. The normalized spacial score (nSPS) is 22.8. The molecule has 0 radical (unpaired) electrons. The Bertz CT molecular complexity index is 349. The van der Waals surface area contributed by atoms with Gasteiger partial charge >= 0.3 is 6.18 Å². The number of amides is 2. The summed E-state index contributed by atoms with van der Waals surface area (Å²) in [5.74, 6) is -1.83. The standard InChI is InChI=1S/C10H16F3N3O3/c11-10(12,13)4-16-9(19)7(17)6(14)3-5-1-2-15-8(5)18/h5-7,17H,1-4,14H2,(H,15,18)(H,16,19)/t5-,6-,7?/m0/s1. The molecular formula is C10H16F3N3O3. The second kappa shape index (κ2) is 6.20. The first-order chi connectivity index (χ1) is 8.70. The summed E-state index contributed by atoms with van der Waals surface area (Å²) in [4.78, 5) is 22.5. The third-order valence-electron chi connectivity index (χ3n) is 2.86. The number of hydrogen-bond donors (Lipinski definition) is 4. The molecule has 0 aliphatic carbocycles. The average molecular weight is 283 g/mol. The van der Waals surface area contributed by atoms with Crippen LogP contribution in [0.3, 0.4) is 0 Å². The van der Waals surface area contributed by atoms with Crippen molar-refractivity contribution in [2.75, 3.05) is 13.1 Å². The fourth-order valence-corrected chi connectivity index (χ4v) is 1.81. The van der Waals surface area contributed by atoms with Gasteiger partial charge in [-0.3, -0.25) is 9.59 Å². The van der Waals surface area contributed by atoms with Crippen LogP contribution in [0.15, 0.2) is 0 Å². The average Bonchev–Trinajstić information content (AvgIpc) is 2.70. The molecule has 0 aromatic rings. The van der Waals surface area contributed by atoms with Crippen molar-refractivity contribution in [2.24, 2.45) is 11.7 Å². The Hall–Kier alpha value is -1.35. The van der Waals surface area contributed by atoms with Crippen molar-refractivity contribution < 1.29 is 27.9 Å². The Morgan fingerprint density at radius 3 is 2.68 bits per heavy atom. The van der Waals surface area contributed by atoms with E-state index in [0.717, 1.165) is 0 Å². The highest BCUT2D eigenvalue weighted by Gasteiger charge is 2.33. The number of nitrogens with one attached hydrogen (secondary N) is 2. The first-order valence-electron chi connectivity index (χ1n) is 5.76. The van der Waals surface area contributed by atoms with Crippen LogP contribution in [0.4, 0.5) is 13.2 Å². The van der Waals surface area contributed by atoms with Crippen LogP contribution in [0.25, 0.3) is 0 Å². The van der Waals surface area contributed by atoms with Crippen LogP contribution in [-0.2, 0) is 9.59 Å². The maximum atomic E-state index is 11.9. The Morgan fingerprint density at radius 1 is 1.58 bits per heavy atom. The van der Waals surface area contributed by atoms with E-state index in [1.807, 2.05) is 0 Å². The van der Waals surface area contributed by atoms with Gasteiger partial charge in [-0.2, -0.15) is 13.2 Å². The van der Waals surface area contributed by atoms with Crippen molar-refractivity contribution in [3.8, 4) is 0 Å². The maximum Gasteiger partial charge on any atom is 0.405 e. The number of nitrogens with two attached hydrogens (primary N) is 1. The fraction of sp³-hybridized carbons (Fsp3) is 0.800. The van der Waals surface area contributed by atoms with E-state index < -0.39 is 36.7 Å². The minimum Gasteiger partial charge on any atom is -0.382 e. The summed E-state index contributed by atoms with van der Waals surface area (Å²) in [5.41, 5.74) is 5.53. The van der Waals surface area contributed by atoms with Gasteiger partial charge in [0.2, 0.25) is 5.91 Å². The third kappa shape index (κ3) is 5.03. The predicted molar refractivity (Wildman–Crippen MR) is 58.8 cm³/mol. The molecule has 5 N–H and O–H groups in total. The number of halogens is 3. The number of aliphatic hydroxyl groups is 1. The molecule has 2 amide bonds. The van der Waals surface area contributed by atoms with E-state index in [4.69, 9.17) is 5.73 Å². The summed E-state index contributed by atoms with van der Waals surface area (Å²) in [6.07, 6.45) is -5.74. The minimum absolute atomic E-state index is 0.0481. The molecule has 3 atom stereocenters. The molecule has 1 unspecified atom stereocenters. The quantitative estimate of drug-likeness (QED) is 0.513. The van der Waals surface area contributed by atoms with Crippen molar-refractivity contribution in [1.29, 1.82) is 0 Å². The van der Waals surface area contributed by atoms with Crippen molar-refractivity contribution in [2.45, 2.75) is 31.2 Å². The SMILES string of the molecule is N[C@@H](C[C@@H]1CCNC1=O)C(O)C(=O)NCC(F)(F)F. The Morgan fingerprint density at radius 2 is 2.21 bits per heavy atom. The van der Waals surface area contributed by atoms with Gasteiger partial charge in [0.05, 0.1) is 0 Å². The molecule has 1 heterocycles. The van der Waals surface area contributed by atoms with Gasteiger partial charge in [0.1, 0.15) is 12.6 Å². The molecule has 0 bridgehead atoms. The van der Waals surface area contributed by atoms with E-state index in [2.05, 4.69) is 5.32 Å². The zero-order valence-electron chi connectivity index (χ0n) is 10.0. The Labute approximate surface area is 107 Å². The summed E-state index contributed by atoms with van der Waals surface area (Å²) in [7, 11) is 0. The number of aliphatic hydroxyl groups excluding tert-OH is 1. The van der Waals surface area contributed by atoms with E-state index in [1.165, 1.54) is 0 Å². The van der Waals surface area contributed by atoms with Crippen LogP contribution < -0.4 is 16.4 Å². The molecule has 1 aliphatic rings. The lowest BCUT2D eigenvalue weighted by Gasteiger charge is -2.20. The predicted octanol–water partition coefficient (Wildman–Crippen LogP) is -1.12. The van der Waals surface area contributed by atoms with Gasteiger partial charge in [-0.05, 0) is 12.8 Å². The molecule has 19 heavy (non-hydrogen) atoms. The van der Waals surface area contributed by atoms with Gasteiger partial charge in [-0.1, -0.05) is 0 Å². The molecule has 0 spiro atoms. The lowest BCUT2D eigenvalue weighted by atomic mass is 9.95. The highest BCUT2D eigenvalue weighted by atomic mass is 19.4. The van der Waals surface area contributed by atoms with Crippen LogP contribution in [0.5, 0.6) is 0 Å². The molecule has 1 rings (SSSR count). The topological polar surface area (TPSA) is 104 Å². The number of carbonyl (C=O) groups is 2. The van der Waals surface area contributed by atoms with Crippen molar-refractivity contribution in [3.05, 3.63) is 0 Å². The molecule has 0 aromatic heterocycles. The summed E-state index contributed by atoms with van der Waals surface area (Å²) in [5, 5.41) is 13.6. The molecular weight excluding hydrogens is 267 g/mol. The zero-order valence-corrected chi connectivity index (χ0v) is 10.0. The van der Waals surface area contributed by atoms with Crippen molar-refractivity contribution in [3.63, 3.8) is 0 Å². The first-order valence-corrected chi connectivity index (χ1v) is 5.76.